The summed E-state index contributed by atoms with van der Waals surface area (Å²) < 4.78 is 9.73. The van der Waals surface area contributed by atoms with Crippen LogP contribution in [0.1, 0.15) is 10.4 Å². The molecule has 0 aliphatic heterocycles. The van der Waals surface area contributed by atoms with Gasteiger partial charge < -0.3 is 20.3 Å². The van der Waals surface area contributed by atoms with E-state index in [2.05, 4.69) is 4.74 Å². The van der Waals surface area contributed by atoms with Gasteiger partial charge in [0.25, 0.3) is 0 Å². The van der Waals surface area contributed by atoms with Gasteiger partial charge in [-0.2, -0.15) is 0 Å². The molecule has 0 spiro atoms. The van der Waals surface area contributed by atoms with E-state index in [0.717, 1.165) is 0 Å². The highest BCUT2D eigenvalue weighted by Gasteiger charge is 2.17. The molecule has 0 saturated heterocycles. The molecule has 0 aliphatic rings. The summed E-state index contributed by atoms with van der Waals surface area (Å²) in [6.45, 7) is -0.144. The number of nitrogen functional groups attached to an aromatic ring is 1. The van der Waals surface area contributed by atoms with Crippen molar-refractivity contribution in [3.63, 3.8) is 0 Å². The predicted octanol–water partition coefficient (Wildman–Crippen LogP) is 1.08. The van der Waals surface area contributed by atoms with Crippen LogP contribution in [0.3, 0.4) is 0 Å². The first-order valence-corrected chi connectivity index (χ1v) is 4.89. The van der Waals surface area contributed by atoms with Crippen molar-refractivity contribution in [3.05, 3.63) is 22.7 Å². The molecule has 0 aromatic heterocycles. The number of rotatable bonds is 4. The molecule has 3 N–H and O–H groups in total. The number of aliphatic hydroxyl groups excluding tert-OH is 1. The molecule has 1 aromatic carbocycles. The van der Waals surface area contributed by atoms with Gasteiger partial charge in [0.05, 0.1) is 18.7 Å². The topological polar surface area (TPSA) is 81.8 Å². The summed E-state index contributed by atoms with van der Waals surface area (Å²) in [4.78, 5) is 11.4. The van der Waals surface area contributed by atoms with E-state index in [1.165, 1.54) is 19.2 Å². The van der Waals surface area contributed by atoms with Crippen molar-refractivity contribution in [1.82, 2.24) is 0 Å². The second-order valence-corrected chi connectivity index (χ2v) is 3.35. The molecule has 0 aliphatic carbocycles. The fourth-order valence-corrected chi connectivity index (χ4v) is 1.45. The zero-order chi connectivity index (χ0) is 12.1. The minimum atomic E-state index is -0.595. The monoisotopic (exact) mass is 245 g/mol. The molecule has 0 heterocycles. The Kier molecular flexibility index (Phi) is 4.39. The molecule has 6 heteroatoms. The number of esters is 1. The third-order valence-corrected chi connectivity index (χ3v) is 2.09. The van der Waals surface area contributed by atoms with Crippen LogP contribution in [0.2, 0.25) is 5.02 Å². The minimum Gasteiger partial charge on any atom is -0.489 e. The SMILES string of the molecule is COC(=O)c1cc(N)cc(Cl)c1OCCO. The highest BCUT2D eigenvalue weighted by Crippen LogP contribution is 2.31. The van der Waals surface area contributed by atoms with E-state index in [-0.39, 0.29) is 29.5 Å². The lowest BCUT2D eigenvalue weighted by Gasteiger charge is -2.11. The van der Waals surface area contributed by atoms with Gasteiger partial charge in [0.2, 0.25) is 0 Å². The average Bonchev–Trinajstić information content (AvgIpc) is 2.26. The molecule has 0 fully saturated rings. The van der Waals surface area contributed by atoms with Gasteiger partial charge in [0.15, 0.2) is 5.75 Å². The lowest BCUT2D eigenvalue weighted by molar-refractivity contribution is 0.0594. The van der Waals surface area contributed by atoms with Crippen LogP contribution in [-0.2, 0) is 4.74 Å². The van der Waals surface area contributed by atoms with Crippen molar-refractivity contribution in [2.75, 3.05) is 26.1 Å². The number of hydrogen-bond acceptors (Lipinski definition) is 5. The Morgan fingerprint density at radius 2 is 2.25 bits per heavy atom. The van der Waals surface area contributed by atoms with Gasteiger partial charge in [-0.15, -0.1) is 0 Å². The van der Waals surface area contributed by atoms with Crippen molar-refractivity contribution in [3.8, 4) is 5.75 Å². The zero-order valence-corrected chi connectivity index (χ0v) is 9.45. The van der Waals surface area contributed by atoms with Crippen molar-refractivity contribution >= 4 is 23.3 Å². The molecule has 88 valence electrons. The Morgan fingerprint density at radius 1 is 1.56 bits per heavy atom. The average molecular weight is 246 g/mol. The Bertz CT molecular complexity index is 395. The van der Waals surface area contributed by atoms with Crippen LogP contribution >= 0.6 is 11.6 Å². The van der Waals surface area contributed by atoms with Crippen LogP contribution in [0.5, 0.6) is 5.75 Å². The molecule has 0 atom stereocenters. The molecular weight excluding hydrogens is 234 g/mol. The summed E-state index contributed by atoms with van der Waals surface area (Å²) in [6, 6.07) is 2.87. The third-order valence-electron chi connectivity index (χ3n) is 1.81. The molecule has 0 amide bonds. The van der Waals surface area contributed by atoms with E-state index in [4.69, 9.17) is 27.2 Å². The molecule has 0 bridgehead atoms. The van der Waals surface area contributed by atoms with Crippen LogP contribution < -0.4 is 10.5 Å². The number of benzene rings is 1. The normalized spacial score (nSPS) is 9.94. The summed E-state index contributed by atoms with van der Waals surface area (Å²) in [5, 5.41) is 8.85. The van der Waals surface area contributed by atoms with Gasteiger partial charge in [0.1, 0.15) is 12.2 Å². The first-order valence-electron chi connectivity index (χ1n) is 4.51. The maximum absolute atomic E-state index is 11.4. The number of halogens is 1. The molecule has 1 rings (SSSR count). The van der Waals surface area contributed by atoms with E-state index in [0.29, 0.717) is 5.69 Å². The fraction of sp³-hybridized carbons (Fsp3) is 0.300. The van der Waals surface area contributed by atoms with Crippen LogP contribution in [-0.4, -0.2) is 31.4 Å². The molecule has 0 radical (unpaired) electrons. The van der Waals surface area contributed by atoms with Crippen molar-refractivity contribution in [1.29, 1.82) is 0 Å². The Morgan fingerprint density at radius 3 is 2.81 bits per heavy atom. The second kappa shape index (κ2) is 5.58. The summed E-state index contributed by atoms with van der Waals surface area (Å²) >= 11 is 5.88. The van der Waals surface area contributed by atoms with Crippen LogP contribution in [0.15, 0.2) is 12.1 Å². The maximum Gasteiger partial charge on any atom is 0.341 e. The lowest BCUT2D eigenvalue weighted by Crippen LogP contribution is -2.09. The molecule has 0 unspecified atom stereocenters. The molecule has 0 saturated carbocycles. The van der Waals surface area contributed by atoms with Crippen molar-refractivity contribution in [2.24, 2.45) is 0 Å². The minimum absolute atomic E-state index is 0.0353. The van der Waals surface area contributed by atoms with Gasteiger partial charge in [-0.3, -0.25) is 0 Å². The number of nitrogens with two attached hydrogens (primary N) is 1. The standard InChI is InChI=1S/C10H12ClNO4/c1-15-10(14)7-4-6(12)5-8(11)9(7)16-3-2-13/h4-5,13H,2-3,12H2,1H3. The first kappa shape index (κ1) is 12.6. The molecule has 1 aromatic rings. The van der Waals surface area contributed by atoms with Crippen LogP contribution in [0.25, 0.3) is 0 Å². The lowest BCUT2D eigenvalue weighted by atomic mass is 10.2. The highest BCUT2D eigenvalue weighted by atomic mass is 35.5. The number of aliphatic hydroxyl groups is 1. The van der Waals surface area contributed by atoms with Gasteiger partial charge >= 0.3 is 5.97 Å². The van der Waals surface area contributed by atoms with E-state index >= 15 is 0 Å². The fourth-order valence-electron chi connectivity index (χ4n) is 1.17. The Balaban J connectivity index is 3.15. The quantitative estimate of drug-likeness (QED) is 0.613. The summed E-state index contributed by atoms with van der Waals surface area (Å²) in [5.41, 5.74) is 6.03. The van der Waals surface area contributed by atoms with E-state index in [1.54, 1.807) is 0 Å². The summed E-state index contributed by atoms with van der Waals surface area (Å²) in [6.07, 6.45) is 0. The third kappa shape index (κ3) is 2.77. The number of methoxy groups -OCH3 is 1. The van der Waals surface area contributed by atoms with Crippen molar-refractivity contribution in [2.45, 2.75) is 0 Å². The first-order chi connectivity index (χ1) is 7.60. The van der Waals surface area contributed by atoms with Gasteiger partial charge in [-0.05, 0) is 12.1 Å². The zero-order valence-electron chi connectivity index (χ0n) is 8.70. The van der Waals surface area contributed by atoms with Gasteiger partial charge in [-0.25, -0.2) is 4.79 Å². The Hall–Kier alpha value is -1.46. The highest BCUT2D eigenvalue weighted by molar-refractivity contribution is 6.33. The number of carbonyl (C=O) groups is 1. The largest absolute Gasteiger partial charge is 0.489 e. The number of carbonyl (C=O) groups excluding carboxylic acids is 1. The van der Waals surface area contributed by atoms with Gasteiger partial charge in [0, 0.05) is 5.69 Å². The van der Waals surface area contributed by atoms with E-state index in [9.17, 15) is 4.79 Å². The van der Waals surface area contributed by atoms with E-state index in [1.807, 2.05) is 0 Å². The Labute approximate surface area is 97.7 Å². The van der Waals surface area contributed by atoms with Crippen molar-refractivity contribution < 1.29 is 19.4 Å². The smallest absolute Gasteiger partial charge is 0.341 e. The van der Waals surface area contributed by atoms with E-state index < -0.39 is 5.97 Å². The van der Waals surface area contributed by atoms with Gasteiger partial charge in [-0.1, -0.05) is 11.6 Å². The number of anilines is 1. The second-order valence-electron chi connectivity index (χ2n) is 2.94. The molecule has 16 heavy (non-hydrogen) atoms. The maximum atomic E-state index is 11.4. The van der Waals surface area contributed by atoms with Crippen LogP contribution in [0, 0.1) is 0 Å². The summed E-state index contributed by atoms with van der Waals surface area (Å²) in [7, 11) is 1.25. The number of hydrogen-bond donors (Lipinski definition) is 2. The molecule has 5 nitrogen and oxygen atoms in total. The number of ether oxygens (including phenoxy) is 2. The van der Waals surface area contributed by atoms with Crippen LogP contribution in [0.4, 0.5) is 5.69 Å². The summed E-state index contributed by atoms with van der Waals surface area (Å²) in [5.74, 6) is -0.432. The predicted molar refractivity (Wildman–Crippen MR) is 59.8 cm³/mol. The molecular formula is C10H12ClNO4.